The smallest absolute Gasteiger partial charge is 0.175 e. The molecule has 0 heterocycles. The predicted molar refractivity (Wildman–Crippen MR) is 94.3 cm³/mol. The Hall–Kier alpha value is -1.20. The molecule has 0 bridgehead atoms. The zero-order valence-corrected chi connectivity index (χ0v) is 14.0. The van der Waals surface area contributed by atoms with E-state index in [9.17, 15) is 0 Å². The Kier molecular flexibility index (Phi) is 5.53. The van der Waals surface area contributed by atoms with Crippen LogP contribution in [-0.4, -0.2) is 12.2 Å². The summed E-state index contributed by atoms with van der Waals surface area (Å²) in [6, 6.07) is 10.6. The number of methoxy groups -OCH3 is 1. The monoisotopic (exact) mass is 360 g/mol. The van der Waals surface area contributed by atoms with E-state index in [0.717, 1.165) is 5.69 Å². The van der Waals surface area contributed by atoms with Gasteiger partial charge in [0.2, 0.25) is 0 Å². The van der Waals surface area contributed by atoms with Crippen LogP contribution in [0, 0.1) is 0 Å². The molecule has 0 saturated heterocycles. The number of hydrogen-bond acceptors (Lipinski definition) is 2. The van der Waals surface area contributed by atoms with Gasteiger partial charge >= 0.3 is 0 Å². The Bertz CT molecular complexity index is 679. The number of anilines is 2. The second-order valence-electron chi connectivity index (χ2n) is 4.03. The average Bonchev–Trinajstić information content (AvgIpc) is 2.45. The molecule has 0 atom stereocenters. The largest absolute Gasteiger partial charge is 0.495 e. The van der Waals surface area contributed by atoms with Gasteiger partial charge in [0.05, 0.1) is 33.6 Å². The van der Waals surface area contributed by atoms with Crippen LogP contribution in [-0.2, 0) is 0 Å². The first-order valence-corrected chi connectivity index (χ1v) is 7.41. The molecule has 3 nitrogen and oxygen atoms in total. The summed E-state index contributed by atoms with van der Waals surface area (Å²) in [4.78, 5) is 0. The summed E-state index contributed by atoms with van der Waals surface area (Å²) in [7, 11) is 1.59. The summed E-state index contributed by atoms with van der Waals surface area (Å²) in [5, 5.41) is 7.56. The van der Waals surface area contributed by atoms with Crippen molar-refractivity contribution in [3.63, 3.8) is 0 Å². The summed E-state index contributed by atoms with van der Waals surface area (Å²) in [5.74, 6) is 0.682. The van der Waals surface area contributed by atoms with Gasteiger partial charge in [-0.3, -0.25) is 0 Å². The molecule has 0 fully saturated rings. The van der Waals surface area contributed by atoms with Crippen LogP contribution in [0.1, 0.15) is 0 Å². The van der Waals surface area contributed by atoms with Gasteiger partial charge in [0, 0.05) is 0 Å². The molecule has 7 heteroatoms. The first-order valence-electron chi connectivity index (χ1n) is 5.87. The van der Waals surface area contributed by atoms with E-state index in [1.807, 2.05) is 24.3 Å². The molecule has 0 unspecified atom stereocenters. The molecule has 0 radical (unpaired) electrons. The third-order valence-electron chi connectivity index (χ3n) is 2.61. The van der Waals surface area contributed by atoms with Gasteiger partial charge < -0.3 is 15.4 Å². The number of halogens is 3. The van der Waals surface area contributed by atoms with E-state index in [2.05, 4.69) is 10.6 Å². The molecule has 2 N–H and O–H groups in total. The Balaban J connectivity index is 2.14. The summed E-state index contributed by atoms with van der Waals surface area (Å²) in [6.07, 6.45) is 0. The van der Waals surface area contributed by atoms with Crippen molar-refractivity contribution in [2.45, 2.75) is 0 Å². The zero-order chi connectivity index (χ0) is 15.4. The highest BCUT2D eigenvalue weighted by Crippen LogP contribution is 2.32. The van der Waals surface area contributed by atoms with Gasteiger partial charge in [-0.15, -0.1) is 0 Å². The van der Waals surface area contributed by atoms with Gasteiger partial charge in [-0.1, -0.05) is 46.9 Å². The molecule has 0 spiro atoms. The number of nitrogens with one attached hydrogen (secondary N) is 2. The minimum Gasteiger partial charge on any atom is -0.495 e. The predicted octanol–water partition coefficient (Wildman–Crippen LogP) is 5.46. The third-order valence-corrected chi connectivity index (χ3v) is 3.85. The highest BCUT2D eigenvalue weighted by molar-refractivity contribution is 7.80. The molecule has 2 aromatic rings. The van der Waals surface area contributed by atoms with Crippen LogP contribution in [0.15, 0.2) is 36.4 Å². The van der Waals surface area contributed by atoms with E-state index >= 15 is 0 Å². The van der Waals surface area contributed by atoms with E-state index in [0.29, 0.717) is 31.6 Å². The highest BCUT2D eigenvalue weighted by Gasteiger charge is 2.09. The molecular weight excluding hydrogens is 351 g/mol. The van der Waals surface area contributed by atoms with Gasteiger partial charge in [0.25, 0.3) is 0 Å². The maximum atomic E-state index is 6.09. The van der Waals surface area contributed by atoms with Gasteiger partial charge in [-0.25, -0.2) is 0 Å². The summed E-state index contributed by atoms with van der Waals surface area (Å²) in [5.41, 5.74) is 1.31. The van der Waals surface area contributed by atoms with Gasteiger partial charge in [-0.2, -0.15) is 0 Å². The maximum Gasteiger partial charge on any atom is 0.175 e. The highest BCUT2D eigenvalue weighted by atomic mass is 35.5. The number of benzene rings is 2. The van der Waals surface area contributed by atoms with Crippen molar-refractivity contribution >= 4 is 63.5 Å². The maximum absolute atomic E-state index is 6.09. The second-order valence-corrected chi connectivity index (χ2v) is 5.66. The fourth-order valence-corrected chi connectivity index (χ4v) is 2.46. The van der Waals surface area contributed by atoms with Crippen molar-refractivity contribution in [2.24, 2.45) is 0 Å². The molecule has 2 rings (SSSR count). The number of hydrogen-bond donors (Lipinski definition) is 2. The molecule has 0 aliphatic carbocycles. The standard InChI is InChI=1S/C14H11Cl3N2OS/c1-20-13-5-3-2-4-11(13)18-14(21)19-12-7-9(16)8(15)6-10(12)17/h2-7H,1H3,(H2,18,19,21). The van der Waals surface area contributed by atoms with Crippen molar-refractivity contribution in [1.29, 1.82) is 0 Å². The van der Waals surface area contributed by atoms with Crippen LogP contribution in [0.5, 0.6) is 5.75 Å². The fourth-order valence-electron chi connectivity index (χ4n) is 1.64. The van der Waals surface area contributed by atoms with Gasteiger partial charge in [-0.05, 0) is 36.5 Å². The zero-order valence-electron chi connectivity index (χ0n) is 10.9. The van der Waals surface area contributed by atoms with Gasteiger partial charge in [0.1, 0.15) is 5.75 Å². The first-order chi connectivity index (χ1) is 10.0. The lowest BCUT2D eigenvalue weighted by Crippen LogP contribution is -2.19. The average molecular weight is 362 g/mol. The van der Waals surface area contributed by atoms with Crippen molar-refractivity contribution in [3.8, 4) is 5.75 Å². The van der Waals surface area contributed by atoms with E-state index in [4.69, 9.17) is 51.8 Å². The summed E-state index contributed by atoms with van der Waals surface area (Å²) >= 11 is 23.2. The van der Waals surface area contributed by atoms with Crippen molar-refractivity contribution in [3.05, 3.63) is 51.5 Å². The van der Waals surface area contributed by atoms with Crippen LogP contribution < -0.4 is 15.4 Å². The van der Waals surface area contributed by atoms with Crippen LogP contribution in [0.2, 0.25) is 15.1 Å². The molecule has 0 aliphatic heterocycles. The van der Waals surface area contributed by atoms with Crippen LogP contribution >= 0.6 is 47.0 Å². The van der Waals surface area contributed by atoms with Crippen LogP contribution in [0.4, 0.5) is 11.4 Å². The van der Waals surface area contributed by atoms with Crippen molar-refractivity contribution in [2.75, 3.05) is 17.7 Å². The molecule has 110 valence electrons. The van der Waals surface area contributed by atoms with E-state index in [1.54, 1.807) is 19.2 Å². The number of rotatable bonds is 3. The third kappa shape index (κ3) is 4.14. The van der Waals surface area contributed by atoms with E-state index in [1.165, 1.54) is 0 Å². The van der Waals surface area contributed by atoms with Crippen molar-refractivity contribution in [1.82, 2.24) is 0 Å². The molecule has 0 saturated carbocycles. The first kappa shape index (κ1) is 16.2. The molecule has 0 aromatic heterocycles. The lowest BCUT2D eigenvalue weighted by atomic mass is 10.3. The number of thiocarbonyl (C=S) groups is 1. The normalized spacial score (nSPS) is 10.1. The minimum absolute atomic E-state index is 0.361. The van der Waals surface area contributed by atoms with Crippen molar-refractivity contribution < 1.29 is 4.74 Å². The summed E-state index contributed by atoms with van der Waals surface area (Å²) < 4.78 is 5.24. The Morgan fingerprint density at radius 3 is 2.29 bits per heavy atom. The SMILES string of the molecule is COc1ccccc1NC(=S)Nc1cc(Cl)c(Cl)cc1Cl. The molecule has 21 heavy (non-hydrogen) atoms. The fraction of sp³-hybridized carbons (Fsp3) is 0.0714. The molecular formula is C14H11Cl3N2OS. The van der Waals surface area contributed by atoms with E-state index < -0.39 is 0 Å². The molecule has 2 aromatic carbocycles. The minimum atomic E-state index is 0.361. The van der Waals surface area contributed by atoms with Crippen LogP contribution in [0.3, 0.4) is 0 Å². The lowest BCUT2D eigenvalue weighted by Gasteiger charge is -2.14. The second kappa shape index (κ2) is 7.18. The Labute approximate surface area is 143 Å². The number of ether oxygens (including phenoxy) is 1. The van der Waals surface area contributed by atoms with Gasteiger partial charge in [0.15, 0.2) is 5.11 Å². The quantitative estimate of drug-likeness (QED) is 0.561. The lowest BCUT2D eigenvalue weighted by molar-refractivity contribution is 0.417. The topological polar surface area (TPSA) is 33.3 Å². The van der Waals surface area contributed by atoms with E-state index in [-0.39, 0.29) is 0 Å². The molecule has 0 amide bonds. The Morgan fingerprint density at radius 2 is 1.57 bits per heavy atom. The molecule has 0 aliphatic rings. The Morgan fingerprint density at radius 1 is 0.952 bits per heavy atom. The van der Waals surface area contributed by atoms with Crippen LogP contribution in [0.25, 0.3) is 0 Å². The number of para-hydroxylation sites is 2. The summed E-state index contributed by atoms with van der Waals surface area (Å²) in [6.45, 7) is 0.